The Morgan fingerprint density at radius 3 is 2.33 bits per heavy atom. The van der Waals surface area contributed by atoms with Crippen molar-refractivity contribution >= 4 is 17.3 Å². The van der Waals surface area contributed by atoms with E-state index in [-0.39, 0.29) is 0 Å². The second kappa shape index (κ2) is 4.06. The number of hydrogen-bond donors (Lipinski definition) is 0. The van der Waals surface area contributed by atoms with Gasteiger partial charge in [-0.1, -0.05) is 6.58 Å². The maximum atomic E-state index is 5.96. The van der Waals surface area contributed by atoms with Crippen LogP contribution in [0.1, 0.15) is 38.5 Å². The molecule has 5 rings (SSSR count). The van der Waals surface area contributed by atoms with Crippen molar-refractivity contribution in [2.24, 2.45) is 35.5 Å². The van der Waals surface area contributed by atoms with Gasteiger partial charge in [-0.3, -0.25) is 0 Å². The van der Waals surface area contributed by atoms with E-state index in [0.717, 1.165) is 35.5 Å². The van der Waals surface area contributed by atoms with Crippen LogP contribution in [-0.2, 0) is 4.74 Å². The zero-order valence-electron chi connectivity index (χ0n) is 10.9. The van der Waals surface area contributed by atoms with E-state index in [1.165, 1.54) is 38.5 Å². The summed E-state index contributed by atoms with van der Waals surface area (Å²) in [6.07, 6.45) is 10.8. The van der Waals surface area contributed by atoms with E-state index in [1.54, 1.807) is 6.08 Å². The summed E-state index contributed by atoms with van der Waals surface area (Å²) in [4.78, 5) is 0. The van der Waals surface area contributed by atoms with Crippen LogP contribution in [0.5, 0.6) is 0 Å². The topological polar surface area (TPSA) is 9.23 Å². The van der Waals surface area contributed by atoms with Crippen molar-refractivity contribution in [3.05, 3.63) is 12.7 Å². The van der Waals surface area contributed by atoms with E-state index in [2.05, 4.69) is 6.58 Å². The van der Waals surface area contributed by atoms with Gasteiger partial charge < -0.3 is 4.74 Å². The highest BCUT2D eigenvalue weighted by atomic mass is 32.1. The normalized spacial score (nSPS) is 52.1. The van der Waals surface area contributed by atoms with Gasteiger partial charge in [0.25, 0.3) is 0 Å². The van der Waals surface area contributed by atoms with Gasteiger partial charge in [-0.25, -0.2) is 0 Å². The average Bonchev–Trinajstić information content (AvgIpc) is 2.99. The summed E-state index contributed by atoms with van der Waals surface area (Å²) in [5, 5.41) is 0.616. The summed E-state index contributed by atoms with van der Waals surface area (Å²) >= 11 is 5.18. The zero-order valence-corrected chi connectivity index (χ0v) is 11.7. The molecule has 0 radical (unpaired) electrons. The Morgan fingerprint density at radius 2 is 1.67 bits per heavy atom. The lowest BCUT2D eigenvalue weighted by molar-refractivity contribution is -0.0508. The predicted octanol–water partition coefficient (Wildman–Crippen LogP) is 3.98. The van der Waals surface area contributed by atoms with Gasteiger partial charge in [0.2, 0.25) is 0 Å². The van der Waals surface area contributed by atoms with Crippen LogP contribution in [0.25, 0.3) is 0 Å². The van der Waals surface area contributed by atoms with Crippen molar-refractivity contribution in [2.45, 2.75) is 44.6 Å². The lowest BCUT2D eigenvalue weighted by Crippen LogP contribution is -2.47. The Hall–Kier alpha value is -0.370. The van der Waals surface area contributed by atoms with Crippen molar-refractivity contribution < 1.29 is 4.74 Å². The Morgan fingerprint density at radius 1 is 1.00 bits per heavy atom. The number of ether oxygens (including phenoxy) is 1. The molecule has 0 aromatic carbocycles. The van der Waals surface area contributed by atoms with Gasteiger partial charge in [0.05, 0.1) is 0 Å². The third kappa shape index (κ3) is 1.47. The highest BCUT2D eigenvalue weighted by molar-refractivity contribution is 7.80. The monoisotopic (exact) mass is 262 g/mol. The fraction of sp³-hybridized carbons (Fsp3) is 0.812. The minimum atomic E-state index is 0.418. The Labute approximate surface area is 115 Å². The highest BCUT2D eigenvalue weighted by Crippen LogP contribution is 2.65. The predicted molar refractivity (Wildman–Crippen MR) is 76.3 cm³/mol. The van der Waals surface area contributed by atoms with Crippen LogP contribution in [-0.4, -0.2) is 11.2 Å². The van der Waals surface area contributed by atoms with E-state index in [4.69, 9.17) is 17.0 Å². The standard InChI is InChI=1S/C16H22OS/c1-2-14(18)17-13-8-11-7-12(13)16-10-5-3-9(4-6-10)15(11)16/h2,9-13,15-16H,1,3-8H2. The molecule has 4 bridgehead atoms. The summed E-state index contributed by atoms with van der Waals surface area (Å²) in [6.45, 7) is 3.72. The van der Waals surface area contributed by atoms with Gasteiger partial charge in [0.15, 0.2) is 5.05 Å². The minimum Gasteiger partial charge on any atom is -0.480 e. The van der Waals surface area contributed by atoms with Gasteiger partial charge in [-0.2, -0.15) is 0 Å². The van der Waals surface area contributed by atoms with Gasteiger partial charge in [0.1, 0.15) is 6.10 Å². The first-order valence-corrected chi connectivity index (χ1v) is 8.02. The molecule has 0 heterocycles. The van der Waals surface area contributed by atoms with E-state index < -0.39 is 0 Å². The average molecular weight is 262 g/mol. The Kier molecular flexibility index (Phi) is 2.58. The van der Waals surface area contributed by atoms with E-state index in [1.807, 2.05) is 0 Å². The lowest BCUT2D eigenvalue weighted by Gasteiger charge is -2.52. The van der Waals surface area contributed by atoms with Crippen molar-refractivity contribution in [1.29, 1.82) is 0 Å². The van der Waals surface area contributed by atoms with E-state index >= 15 is 0 Å². The fourth-order valence-corrected chi connectivity index (χ4v) is 6.12. The molecule has 0 spiro atoms. The SMILES string of the molecule is C=CC(=S)OC1CC2CC1C1C3CCC(CC3)C21. The third-order valence-electron chi connectivity index (χ3n) is 6.41. The van der Waals surface area contributed by atoms with Gasteiger partial charge in [-0.15, -0.1) is 0 Å². The van der Waals surface area contributed by atoms with Crippen LogP contribution in [0.3, 0.4) is 0 Å². The molecular formula is C16H22OS. The molecule has 1 nitrogen and oxygen atoms in total. The first kappa shape index (κ1) is 11.5. The van der Waals surface area contributed by atoms with Crippen LogP contribution < -0.4 is 0 Å². The molecule has 0 aromatic heterocycles. The minimum absolute atomic E-state index is 0.418. The first-order valence-electron chi connectivity index (χ1n) is 7.61. The van der Waals surface area contributed by atoms with Crippen LogP contribution in [0.15, 0.2) is 12.7 Å². The smallest absolute Gasteiger partial charge is 0.183 e. The van der Waals surface area contributed by atoms with E-state index in [0.29, 0.717) is 11.2 Å². The quantitative estimate of drug-likeness (QED) is 0.550. The number of hydrogen-bond acceptors (Lipinski definition) is 2. The Bertz CT molecular complexity index is 383. The summed E-state index contributed by atoms with van der Waals surface area (Å²) in [6, 6.07) is 0. The van der Waals surface area contributed by atoms with Gasteiger partial charge in [-0.05, 0) is 92.3 Å². The molecule has 5 saturated carbocycles. The van der Waals surface area contributed by atoms with Crippen LogP contribution in [0.2, 0.25) is 0 Å². The molecule has 0 aliphatic heterocycles. The molecule has 0 saturated heterocycles. The molecule has 5 unspecified atom stereocenters. The first-order chi connectivity index (χ1) is 8.78. The maximum Gasteiger partial charge on any atom is 0.183 e. The van der Waals surface area contributed by atoms with Crippen LogP contribution in [0.4, 0.5) is 0 Å². The van der Waals surface area contributed by atoms with Crippen molar-refractivity contribution in [3.8, 4) is 0 Å². The molecular weight excluding hydrogens is 240 g/mol. The highest BCUT2D eigenvalue weighted by Gasteiger charge is 2.60. The molecule has 0 amide bonds. The number of thiocarbonyl (C=S) groups is 1. The Balaban J connectivity index is 1.56. The summed E-state index contributed by atoms with van der Waals surface area (Å²) in [5.41, 5.74) is 0. The fourth-order valence-electron chi connectivity index (χ4n) is 6.00. The zero-order chi connectivity index (χ0) is 12.3. The second-order valence-electron chi connectivity index (χ2n) is 6.90. The molecule has 0 N–H and O–H groups in total. The molecule has 2 heteroatoms. The number of fused-ring (bicyclic) bond motifs is 4. The van der Waals surface area contributed by atoms with Crippen molar-refractivity contribution in [1.82, 2.24) is 0 Å². The molecule has 18 heavy (non-hydrogen) atoms. The molecule has 5 aliphatic rings. The van der Waals surface area contributed by atoms with Crippen molar-refractivity contribution in [2.75, 3.05) is 0 Å². The molecule has 98 valence electrons. The molecule has 5 fully saturated rings. The molecule has 5 atom stereocenters. The second-order valence-corrected chi connectivity index (χ2v) is 7.31. The summed E-state index contributed by atoms with van der Waals surface area (Å²) < 4.78 is 5.96. The van der Waals surface area contributed by atoms with Gasteiger partial charge in [0, 0.05) is 0 Å². The van der Waals surface area contributed by atoms with Crippen LogP contribution >= 0.6 is 12.2 Å². The largest absolute Gasteiger partial charge is 0.480 e. The van der Waals surface area contributed by atoms with Crippen molar-refractivity contribution in [3.63, 3.8) is 0 Å². The van der Waals surface area contributed by atoms with Crippen LogP contribution in [0, 0.1) is 35.5 Å². The van der Waals surface area contributed by atoms with Gasteiger partial charge >= 0.3 is 0 Å². The molecule has 0 aromatic rings. The van der Waals surface area contributed by atoms with E-state index in [9.17, 15) is 0 Å². The maximum absolute atomic E-state index is 5.96. The molecule has 5 aliphatic carbocycles. The summed E-state index contributed by atoms with van der Waals surface area (Å²) in [7, 11) is 0. The number of rotatable bonds is 2. The summed E-state index contributed by atoms with van der Waals surface area (Å²) in [5.74, 6) is 5.87. The third-order valence-corrected chi connectivity index (χ3v) is 6.67. The lowest BCUT2D eigenvalue weighted by atomic mass is 9.54.